The lowest BCUT2D eigenvalue weighted by molar-refractivity contribution is 0.0952. The van der Waals surface area contributed by atoms with Gasteiger partial charge in [0.15, 0.2) is 0 Å². The number of hydrogen-bond acceptors (Lipinski definition) is 4. The van der Waals surface area contributed by atoms with Crippen LogP contribution < -0.4 is 5.43 Å². The Morgan fingerprint density at radius 2 is 2.09 bits per heavy atom. The fourth-order valence-electron chi connectivity index (χ4n) is 1.88. The van der Waals surface area contributed by atoms with Crippen LogP contribution in [0.15, 0.2) is 34.9 Å². The number of nitrogens with zero attached hydrogens (tertiary/aromatic N) is 1. The van der Waals surface area contributed by atoms with E-state index in [2.05, 4.69) is 37.4 Å². The van der Waals surface area contributed by atoms with Gasteiger partial charge < -0.3 is 10.2 Å². The molecule has 5 heteroatoms. The van der Waals surface area contributed by atoms with E-state index in [1.54, 1.807) is 6.21 Å². The number of benzene rings is 1. The van der Waals surface area contributed by atoms with Gasteiger partial charge in [0, 0.05) is 6.21 Å². The number of phenolic OH excluding ortho intramolecular Hbond substituents is 2. The first-order valence-corrected chi connectivity index (χ1v) is 7.37. The van der Waals surface area contributed by atoms with Gasteiger partial charge in [-0.15, -0.1) is 0 Å². The molecule has 1 aromatic carbocycles. The maximum Gasteiger partial charge on any atom is 0.275 e. The van der Waals surface area contributed by atoms with Crippen molar-refractivity contribution >= 4 is 12.1 Å². The van der Waals surface area contributed by atoms with Crippen LogP contribution >= 0.6 is 0 Å². The average molecular weight is 304 g/mol. The summed E-state index contributed by atoms with van der Waals surface area (Å²) in [4.78, 5) is 11.8. The maximum atomic E-state index is 11.8. The number of phenols is 2. The summed E-state index contributed by atoms with van der Waals surface area (Å²) in [5.41, 5.74) is 3.66. The molecule has 0 bridgehead atoms. The first-order chi connectivity index (χ1) is 10.4. The topological polar surface area (TPSA) is 81.9 Å². The molecule has 22 heavy (non-hydrogen) atoms. The van der Waals surface area contributed by atoms with Crippen LogP contribution in [0.2, 0.25) is 0 Å². The van der Waals surface area contributed by atoms with E-state index < -0.39 is 5.91 Å². The summed E-state index contributed by atoms with van der Waals surface area (Å²) in [5, 5.41) is 22.7. The number of carbonyl (C=O) groups is 1. The molecule has 1 atom stereocenters. The summed E-state index contributed by atoms with van der Waals surface area (Å²) >= 11 is 0. The van der Waals surface area contributed by atoms with Crippen LogP contribution in [0.1, 0.15) is 50.4 Å². The molecule has 120 valence electrons. The average Bonchev–Trinajstić information content (AvgIpc) is 2.45. The van der Waals surface area contributed by atoms with E-state index in [0.29, 0.717) is 5.92 Å². The highest BCUT2D eigenvalue weighted by atomic mass is 16.3. The van der Waals surface area contributed by atoms with Crippen molar-refractivity contribution in [2.45, 2.75) is 40.0 Å². The third-order valence-electron chi connectivity index (χ3n) is 3.20. The Kier molecular flexibility index (Phi) is 7.16. The monoisotopic (exact) mass is 304 g/mol. The molecule has 5 nitrogen and oxygen atoms in total. The van der Waals surface area contributed by atoms with Gasteiger partial charge in [-0.05, 0) is 57.2 Å². The van der Waals surface area contributed by atoms with E-state index in [9.17, 15) is 15.0 Å². The van der Waals surface area contributed by atoms with E-state index in [1.807, 2.05) is 0 Å². The number of allylic oxidation sites excluding steroid dienone is 2. The number of amides is 1. The van der Waals surface area contributed by atoms with Gasteiger partial charge in [-0.1, -0.05) is 18.6 Å². The Morgan fingerprint density at radius 3 is 2.77 bits per heavy atom. The highest BCUT2D eigenvalue weighted by molar-refractivity contribution is 5.97. The van der Waals surface area contributed by atoms with E-state index in [4.69, 9.17) is 0 Å². The zero-order valence-corrected chi connectivity index (χ0v) is 13.3. The van der Waals surface area contributed by atoms with Crippen molar-refractivity contribution in [2.24, 2.45) is 11.0 Å². The third kappa shape index (κ3) is 6.43. The number of carbonyl (C=O) groups excluding carboxylic acids is 1. The SMILES string of the molecule is CC(C)=CCCC(C)CC=NNC(=O)c1cc(O)ccc1O. The minimum Gasteiger partial charge on any atom is -0.508 e. The van der Waals surface area contributed by atoms with Gasteiger partial charge in [0.25, 0.3) is 5.91 Å². The maximum absolute atomic E-state index is 11.8. The molecule has 1 amide bonds. The summed E-state index contributed by atoms with van der Waals surface area (Å²) < 4.78 is 0. The molecule has 0 saturated carbocycles. The van der Waals surface area contributed by atoms with Gasteiger partial charge >= 0.3 is 0 Å². The summed E-state index contributed by atoms with van der Waals surface area (Å²) in [7, 11) is 0. The first kappa shape index (κ1) is 17.8. The van der Waals surface area contributed by atoms with Crippen LogP contribution in [0.25, 0.3) is 0 Å². The van der Waals surface area contributed by atoms with E-state index in [0.717, 1.165) is 19.3 Å². The van der Waals surface area contributed by atoms with Crippen LogP contribution in [0, 0.1) is 5.92 Å². The molecular weight excluding hydrogens is 280 g/mol. The lowest BCUT2D eigenvalue weighted by atomic mass is 10.0. The van der Waals surface area contributed by atoms with Gasteiger partial charge in [-0.3, -0.25) is 4.79 Å². The number of aromatic hydroxyl groups is 2. The Bertz CT molecular complexity index is 561. The van der Waals surface area contributed by atoms with Crippen LogP contribution in [0.4, 0.5) is 0 Å². The second kappa shape index (κ2) is 8.87. The van der Waals surface area contributed by atoms with Crippen LogP contribution in [0.5, 0.6) is 11.5 Å². The van der Waals surface area contributed by atoms with Crippen LogP contribution in [0.3, 0.4) is 0 Å². The smallest absolute Gasteiger partial charge is 0.275 e. The molecule has 0 radical (unpaired) electrons. The molecule has 1 aromatic rings. The Hall–Kier alpha value is -2.30. The summed E-state index contributed by atoms with van der Waals surface area (Å²) in [6, 6.07) is 3.77. The van der Waals surface area contributed by atoms with Crippen molar-refractivity contribution in [3.05, 3.63) is 35.4 Å². The van der Waals surface area contributed by atoms with Crippen molar-refractivity contribution in [2.75, 3.05) is 0 Å². The molecule has 0 spiro atoms. The van der Waals surface area contributed by atoms with Crippen molar-refractivity contribution < 1.29 is 15.0 Å². The van der Waals surface area contributed by atoms with E-state index >= 15 is 0 Å². The fraction of sp³-hybridized carbons (Fsp3) is 0.412. The quantitative estimate of drug-likeness (QED) is 0.311. The number of nitrogens with one attached hydrogen (secondary N) is 1. The zero-order chi connectivity index (χ0) is 16.5. The molecule has 0 saturated heterocycles. The van der Waals surface area contributed by atoms with Crippen molar-refractivity contribution in [1.29, 1.82) is 0 Å². The fourth-order valence-corrected chi connectivity index (χ4v) is 1.88. The van der Waals surface area contributed by atoms with Crippen molar-refractivity contribution in [1.82, 2.24) is 5.43 Å². The normalized spacial score (nSPS) is 12.1. The highest BCUT2D eigenvalue weighted by Gasteiger charge is 2.10. The second-order valence-corrected chi connectivity index (χ2v) is 5.65. The van der Waals surface area contributed by atoms with Crippen LogP contribution in [-0.4, -0.2) is 22.3 Å². The third-order valence-corrected chi connectivity index (χ3v) is 3.20. The molecule has 0 aliphatic carbocycles. The minimum atomic E-state index is -0.554. The van der Waals surface area contributed by atoms with E-state index in [1.165, 1.54) is 23.8 Å². The first-order valence-electron chi connectivity index (χ1n) is 7.37. The van der Waals surface area contributed by atoms with Gasteiger partial charge in [-0.2, -0.15) is 5.10 Å². The van der Waals surface area contributed by atoms with Gasteiger partial charge in [0.2, 0.25) is 0 Å². The molecule has 0 aromatic heterocycles. The highest BCUT2D eigenvalue weighted by Crippen LogP contribution is 2.21. The standard InChI is InChI=1S/C17H24N2O3/c1-12(2)5-4-6-13(3)9-10-18-19-17(22)15-11-14(20)7-8-16(15)21/h5,7-8,10-11,13,20-21H,4,6,9H2,1-3H3,(H,19,22). The van der Waals surface area contributed by atoms with Gasteiger partial charge in [0.1, 0.15) is 11.5 Å². The lowest BCUT2D eigenvalue weighted by Crippen LogP contribution is -2.17. The molecule has 1 rings (SSSR count). The molecular formula is C17H24N2O3. The van der Waals surface area contributed by atoms with Crippen molar-refractivity contribution in [3.63, 3.8) is 0 Å². The molecule has 1 unspecified atom stereocenters. The second-order valence-electron chi connectivity index (χ2n) is 5.65. The Balaban J connectivity index is 2.40. The summed E-state index contributed by atoms with van der Waals surface area (Å²) in [5.74, 6) is -0.354. The summed E-state index contributed by atoms with van der Waals surface area (Å²) in [6.07, 6.45) is 6.74. The van der Waals surface area contributed by atoms with Gasteiger partial charge in [-0.25, -0.2) is 5.43 Å². The Morgan fingerprint density at radius 1 is 1.36 bits per heavy atom. The van der Waals surface area contributed by atoms with Gasteiger partial charge in [0.05, 0.1) is 5.56 Å². The minimum absolute atomic E-state index is 0.00578. The largest absolute Gasteiger partial charge is 0.508 e. The molecule has 0 heterocycles. The predicted octanol–water partition coefficient (Wildman–Crippen LogP) is 3.59. The summed E-state index contributed by atoms with van der Waals surface area (Å²) in [6.45, 7) is 6.30. The van der Waals surface area contributed by atoms with Crippen molar-refractivity contribution in [3.8, 4) is 11.5 Å². The molecule has 3 N–H and O–H groups in total. The number of rotatable bonds is 7. The molecule has 0 aliphatic rings. The molecule has 0 fully saturated rings. The predicted molar refractivity (Wildman–Crippen MR) is 88.2 cm³/mol. The lowest BCUT2D eigenvalue weighted by Gasteiger charge is -2.06. The molecule has 0 aliphatic heterocycles. The van der Waals surface area contributed by atoms with Crippen LogP contribution in [-0.2, 0) is 0 Å². The zero-order valence-electron chi connectivity index (χ0n) is 13.3. The number of hydrogen-bond donors (Lipinski definition) is 3. The Labute approximate surface area is 131 Å². The number of hydrazone groups is 1. The van der Waals surface area contributed by atoms with E-state index in [-0.39, 0.29) is 17.1 Å².